The minimum atomic E-state index is -0.356. The van der Waals surface area contributed by atoms with Gasteiger partial charge in [0.15, 0.2) is 5.78 Å². The molecule has 0 spiro atoms. The van der Waals surface area contributed by atoms with Crippen LogP contribution in [0.2, 0.25) is 10.0 Å². The van der Waals surface area contributed by atoms with Crippen LogP contribution in [-0.2, 0) is 4.79 Å². The van der Waals surface area contributed by atoms with E-state index in [4.69, 9.17) is 23.2 Å². The van der Waals surface area contributed by atoms with Gasteiger partial charge in [0.05, 0.1) is 17.1 Å². The molecule has 1 N–H and O–H groups in total. The first kappa shape index (κ1) is 16.2. The second-order valence-electron chi connectivity index (χ2n) is 6.08. The predicted octanol–water partition coefficient (Wildman–Crippen LogP) is 5.22. The summed E-state index contributed by atoms with van der Waals surface area (Å²) < 4.78 is 2.02. The molecular weight excluding hydrogens is 357 g/mol. The van der Waals surface area contributed by atoms with Gasteiger partial charge in [0.2, 0.25) is 5.95 Å². The lowest BCUT2D eigenvalue weighted by Gasteiger charge is -2.30. The van der Waals surface area contributed by atoms with Crippen molar-refractivity contribution >= 4 is 46.0 Å². The third-order valence-electron chi connectivity index (χ3n) is 4.47. The maximum Gasteiger partial charge on any atom is 0.209 e. The van der Waals surface area contributed by atoms with E-state index >= 15 is 0 Å². The van der Waals surface area contributed by atoms with E-state index in [1.54, 1.807) is 19.1 Å². The molecule has 0 aliphatic carbocycles. The van der Waals surface area contributed by atoms with Crippen molar-refractivity contribution < 1.29 is 4.79 Å². The molecule has 0 amide bonds. The second-order valence-corrected chi connectivity index (χ2v) is 6.93. The molecular formula is C19H15Cl2N3O. The zero-order chi connectivity index (χ0) is 17.7. The Morgan fingerprint density at radius 1 is 1.20 bits per heavy atom. The van der Waals surface area contributed by atoms with Gasteiger partial charge in [0.25, 0.3) is 0 Å². The lowest BCUT2D eigenvalue weighted by Crippen LogP contribution is -2.27. The van der Waals surface area contributed by atoms with Crippen LogP contribution in [0.3, 0.4) is 0 Å². The van der Waals surface area contributed by atoms with Crippen LogP contribution in [0.25, 0.3) is 11.0 Å². The van der Waals surface area contributed by atoms with Crippen LogP contribution in [0.1, 0.15) is 25.5 Å². The van der Waals surface area contributed by atoms with Crippen molar-refractivity contribution in [3.05, 3.63) is 69.3 Å². The Hall–Kier alpha value is -2.30. The highest BCUT2D eigenvalue weighted by Crippen LogP contribution is 2.41. The Bertz CT molecular complexity index is 1050. The van der Waals surface area contributed by atoms with Crippen molar-refractivity contribution in [3.8, 4) is 0 Å². The number of ketones is 1. The van der Waals surface area contributed by atoms with Crippen molar-refractivity contribution in [2.45, 2.75) is 19.9 Å². The van der Waals surface area contributed by atoms with E-state index in [1.165, 1.54) is 0 Å². The first-order valence-corrected chi connectivity index (χ1v) is 8.63. The summed E-state index contributed by atoms with van der Waals surface area (Å²) in [5, 5.41) is 4.33. The van der Waals surface area contributed by atoms with Gasteiger partial charge >= 0.3 is 0 Å². The number of rotatable bonds is 2. The van der Waals surface area contributed by atoms with E-state index in [9.17, 15) is 4.79 Å². The average molecular weight is 372 g/mol. The van der Waals surface area contributed by atoms with Crippen LogP contribution in [0.4, 0.5) is 5.95 Å². The summed E-state index contributed by atoms with van der Waals surface area (Å²) in [5.41, 5.74) is 4.07. The van der Waals surface area contributed by atoms with Crippen LogP contribution < -0.4 is 5.32 Å². The summed E-state index contributed by atoms with van der Waals surface area (Å²) in [6.45, 7) is 3.46. The number of Topliss-reactive ketones (excluding diaryl/α,β-unsaturated/α-hetero) is 1. The maximum absolute atomic E-state index is 12.4. The number of benzene rings is 2. The predicted molar refractivity (Wildman–Crippen MR) is 101 cm³/mol. The van der Waals surface area contributed by atoms with Gasteiger partial charge in [0, 0.05) is 21.3 Å². The molecule has 0 unspecified atom stereocenters. The zero-order valence-corrected chi connectivity index (χ0v) is 15.2. The first-order valence-electron chi connectivity index (χ1n) is 7.88. The van der Waals surface area contributed by atoms with E-state index in [0.717, 1.165) is 22.3 Å². The van der Waals surface area contributed by atoms with Gasteiger partial charge in [-0.1, -0.05) is 41.4 Å². The second kappa shape index (κ2) is 5.90. The maximum atomic E-state index is 12.4. The molecule has 0 radical (unpaired) electrons. The quantitative estimate of drug-likeness (QED) is 0.671. The molecule has 2 heterocycles. The number of anilines is 1. The van der Waals surface area contributed by atoms with Crippen molar-refractivity contribution in [1.29, 1.82) is 0 Å². The van der Waals surface area contributed by atoms with Gasteiger partial charge in [-0.05, 0) is 43.7 Å². The molecule has 1 aromatic heterocycles. The highest BCUT2D eigenvalue weighted by Gasteiger charge is 2.33. The van der Waals surface area contributed by atoms with Crippen LogP contribution in [-0.4, -0.2) is 15.3 Å². The summed E-state index contributed by atoms with van der Waals surface area (Å²) in [6, 6.07) is 12.8. The molecule has 1 aliphatic rings. The third-order valence-corrected chi connectivity index (χ3v) is 5.03. The largest absolute Gasteiger partial charge is 0.329 e. The van der Waals surface area contributed by atoms with Gasteiger partial charge < -0.3 is 5.32 Å². The number of nitrogens with one attached hydrogen (secondary N) is 1. The molecule has 1 atom stereocenters. The topological polar surface area (TPSA) is 46.9 Å². The lowest BCUT2D eigenvalue weighted by molar-refractivity contribution is -0.114. The minimum Gasteiger partial charge on any atom is -0.329 e. The molecule has 4 rings (SSSR count). The summed E-state index contributed by atoms with van der Waals surface area (Å²) in [4.78, 5) is 17.1. The lowest BCUT2D eigenvalue weighted by atomic mass is 9.92. The fourth-order valence-corrected chi connectivity index (χ4v) is 3.95. The monoisotopic (exact) mass is 371 g/mol. The van der Waals surface area contributed by atoms with E-state index < -0.39 is 0 Å². The van der Waals surface area contributed by atoms with Crippen molar-refractivity contribution in [2.24, 2.45) is 0 Å². The van der Waals surface area contributed by atoms with Gasteiger partial charge in [-0.2, -0.15) is 0 Å². The molecule has 0 saturated heterocycles. The Morgan fingerprint density at radius 2 is 1.96 bits per heavy atom. The van der Waals surface area contributed by atoms with Crippen molar-refractivity contribution in [1.82, 2.24) is 9.55 Å². The molecule has 3 aromatic rings. The molecule has 0 bridgehead atoms. The number of fused-ring (bicyclic) bond motifs is 3. The third kappa shape index (κ3) is 2.53. The molecule has 6 heteroatoms. The van der Waals surface area contributed by atoms with Crippen LogP contribution in [0.5, 0.6) is 0 Å². The first-order chi connectivity index (χ1) is 12.0. The van der Waals surface area contributed by atoms with Crippen LogP contribution >= 0.6 is 23.2 Å². The fourth-order valence-electron chi connectivity index (χ4n) is 3.44. The zero-order valence-electron chi connectivity index (χ0n) is 13.7. The number of nitrogens with zero attached hydrogens (tertiary/aromatic N) is 2. The molecule has 25 heavy (non-hydrogen) atoms. The molecule has 2 aromatic carbocycles. The van der Waals surface area contributed by atoms with E-state index in [0.29, 0.717) is 21.6 Å². The molecule has 0 fully saturated rings. The average Bonchev–Trinajstić information content (AvgIpc) is 2.91. The van der Waals surface area contributed by atoms with Gasteiger partial charge in [-0.25, -0.2) is 4.98 Å². The summed E-state index contributed by atoms with van der Waals surface area (Å²) in [7, 11) is 0. The molecule has 0 saturated carbocycles. The highest BCUT2D eigenvalue weighted by atomic mass is 35.5. The van der Waals surface area contributed by atoms with Crippen LogP contribution in [0.15, 0.2) is 53.7 Å². The van der Waals surface area contributed by atoms with Crippen LogP contribution in [0, 0.1) is 0 Å². The number of carbonyl (C=O) groups excluding carboxylic acids is 1. The Kier molecular flexibility index (Phi) is 3.82. The minimum absolute atomic E-state index is 0.00977. The molecule has 4 nitrogen and oxygen atoms in total. The summed E-state index contributed by atoms with van der Waals surface area (Å²) in [5.74, 6) is 0.684. The van der Waals surface area contributed by atoms with E-state index in [2.05, 4.69) is 10.3 Å². The number of carbonyl (C=O) groups is 1. The standard InChI is InChI=1S/C19H15Cl2N3O/c1-10-17(11(2)25)18(13-8-7-12(20)9-14(13)21)24-16-6-4-3-5-15(16)23-19(24)22-10/h3-9,18H,1-2H3,(H,22,23)/t18-/m1/s1. The number of hydrogen-bond donors (Lipinski definition) is 1. The smallest absolute Gasteiger partial charge is 0.209 e. The van der Waals surface area contributed by atoms with Gasteiger partial charge in [-0.3, -0.25) is 9.36 Å². The number of aromatic nitrogens is 2. The number of hydrogen-bond acceptors (Lipinski definition) is 3. The fraction of sp³-hybridized carbons (Fsp3) is 0.158. The Morgan fingerprint density at radius 3 is 2.68 bits per heavy atom. The Balaban J connectivity index is 2.06. The van der Waals surface area contributed by atoms with Gasteiger partial charge in [0.1, 0.15) is 0 Å². The van der Waals surface area contributed by atoms with Crippen molar-refractivity contribution in [2.75, 3.05) is 5.32 Å². The number of para-hydroxylation sites is 2. The number of allylic oxidation sites excluding steroid dienone is 2. The van der Waals surface area contributed by atoms with E-state index in [-0.39, 0.29) is 11.8 Å². The number of imidazole rings is 1. The van der Waals surface area contributed by atoms with Gasteiger partial charge in [-0.15, -0.1) is 0 Å². The molecule has 126 valence electrons. The summed E-state index contributed by atoms with van der Waals surface area (Å²) in [6.07, 6.45) is 0. The Labute approximate surface area is 155 Å². The molecule has 1 aliphatic heterocycles. The highest BCUT2D eigenvalue weighted by molar-refractivity contribution is 6.35. The SMILES string of the molecule is CC(=O)C1=C(C)Nc2nc3ccccc3n2[C@@H]1c1ccc(Cl)cc1Cl. The van der Waals surface area contributed by atoms with Crippen molar-refractivity contribution in [3.63, 3.8) is 0 Å². The number of halogens is 2. The van der Waals surface area contributed by atoms with E-state index in [1.807, 2.05) is 41.8 Å². The normalized spacial score (nSPS) is 16.7. The summed E-state index contributed by atoms with van der Waals surface area (Å²) >= 11 is 12.6.